The summed E-state index contributed by atoms with van der Waals surface area (Å²) in [6.45, 7) is 9.85. The molecule has 142 valence electrons. The Bertz CT molecular complexity index is 694. The molecule has 0 N–H and O–H groups in total. The van der Waals surface area contributed by atoms with E-state index in [4.69, 9.17) is 21.1 Å². The van der Waals surface area contributed by atoms with Crippen molar-refractivity contribution >= 4 is 29.1 Å². The van der Waals surface area contributed by atoms with Crippen LogP contribution in [0, 0.1) is 0 Å². The van der Waals surface area contributed by atoms with Crippen LogP contribution in [-0.2, 0) is 9.47 Å². The van der Waals surface area contributed by atoms with Gasteiger partial charge in [-0.1, -0.05) is 17.7 Å². The SMILES string of the molecule is CC(C)(C)OC(=O)N1CC=C(c2cc(Cl)nc(N3CCOCC3)c2)CC1. The normalized spacial score (nSPS) is 18.5. The third kappa shape index (κ3) is 4.89. The summed E-state index contributed by atoms with van der Waals surface area (Å²) in [5.41, 5.74) is 1.77. The number of hydrogen-bond acceptors (Lipinski definition) is 5. The van der Waals surface area contributed by atoms with Crippen molar-refractivity contribution in [2.75, 3.05) is 44.3 Å². The van der Waals surface area contributed by atoms with Gasteiger partial charge in [-0.25, -0.2) is 9.78 Å². The zero-order valence-electron chi connectivity index (χ0n) is 15.6. The minimum absolute atomic E-state index is 0.269. The van der Waals surface area contributed by atoms with Gasteiger partial charge in [-0.05, 0) is 50.5 Å². The molecule has 1 fully saturated rings. The van der Waals surface area contributed by atoms with Gasteiger partial charge in [0.05, 0.1) is 13.2 Å². The van der Waals surface area contributed by atoms with Crippen molar-refractivity contribution in [3.8, 4) is 0 Å². The highest BCUT2D eigenvalue weighted by atomic mass is 35.5. The van der Waals surface area contributed by atoms with Crippen molar-refractivity contribution in [2.45, 2.75) is 32.8 Å². The highest BCUT2D eigenvalue weighted by Gasteiger charge is 2.24. The number of carbonyl (C=O) groups excluding carboxylic acids is 1. The summed E-state index contributed by atoms with van der Waals surface area (Å²) >= 11 is 6.26. The molecular weight excluding hydrogens is 354 g/mol. The Morgan fingerprint density at radius 3 is 2.58 bits per heavy atom. The molecule has 0 aromatic carbocycles. The van der Waals surface area contributed by atoms with Gasteiger partial charge in [-0.15, -0.1) is 0 Å². The van der Waals surface area contributed by atoms with Gasteiger partial charge in [-0.2, -0.15) is 0 Å². The summed E-state index contributed by atoms with van der Waals surface area (Å²) in [6.07, 6.45) is 2.57. The average molecular weight is 380 g/mol. The smallest absolute Gasteiger partial charge is 0.410 e. The molecule has 0 radical (unpaired) electrons. The first kappa shape index (κ1) is 19.0. The Kier molecular flexibility index (Phi) is 5.73. The molecule has 0 unspecified atom stereocenters. The summed E-state index contributed by atoms with van der Waals surface area (Å²) in [6, 6.07) is 3.96. The largest absolute Gasteiger partial charge is 0.444 e. The number of nitrogens with zero attached hydrogens (tertiary/aromatic N) is 3. The first-order chi connectivity index (χ1) is 12.3. The van der Waals surface area contributed by atoms with Crippen LogP contribution in [0.2, 0.25) is 5.15 Å². The van der Waals surface area contributed by atoms with Crippen molar-refractivity contribution in [2.24, 2.45) is 0 Å². The van der Waals surface area contributed by atoms with Gasteiger partial charge in [0.1, 0.15) is 16.6 Å². The van der Waals surface area contributed by atoms with Crippen molar-refractivity contribution in [1.29, 1.82) is 0 Å². The van der Waals surface area contributed by atoms with Gasteiger partial charge < -0.3 is 19.3 Å². The Morgan fingerprint density at radius 2 is 1.96 bits per heavy atom. The molecule has 0 spiro atoms. The van der Waals surface area contributed by atoms with Crippen LogP contribution in [0.4, 0.5) is 10.6 Å². The lowest BCUT2D eigenvalue weighted by Crippen LogP contribution is -2.39. The molecule has 3 heterocycles. The topological polar surface area (TPSA) is 54.9 Å². The van der Waals surface area contributed by atoms with Crippen molar-refractivity contribution < 1.29 is 14.3 Å². The third-order valence-corrected chi connectivity index (χ3v) is 4.54. The van der Waals surface area contributed by atoms with Crippen LogP contribution < -0.4 is 4.90 Å². The fraction of sp³-hybridized carbons (Fsp3) is 0.579. The van der Waals surface area contributed by atoms with Crippen LogP contribution in [0.5, 0.6) is 0 Å². The molecule has 3 rings (SSSR count). The van der Waals surface area contributed by atoms with Crippen LogP contribution >= 0.6 is 11.6 Å². The number of amides is 1. The lowest BCUT2D eigenvalue weighted by Gasteiger charge is -2.30. The van der Waals surface area contributed by atoms with Crippen molar-refractivity contribution in [1.82, 2.24) is 9.88 Å². The minimum atomic E-state index is -0.479. The van der Waals surface area contributed by atoms with Crippen LogP contribution in [0.15, 0.2) is 18.2 Å². The highest BCUT2D eigenvalue weighted by Crippen LogP contribution is 2.28. The number of halogens is 1. The lowest BCUT2D eigenvalue weighted by atomic mass is 10.0. The molecule has 1 aromatic rings. The number of pyridine rings is 1. The molecule has 7 heteroatoms. The van der Waals surface area contributed by atoms with Crippen LogP contribution in [0.25, 0.3) is 5.57 Å². The van der Waals surface area contributed by atoms with E-state index in [1.165, 1.54) is 5.57 Å². The van der Waals surface area contributed by atoms with Crippen LogP contribution in [0.1, 0.15) is 32.8 Å². The molecule has 0 aliphatic carbocycles. The molecule has 6 nitrogen and oxygen atoms in total. The monoisotopic (exact) mass is 379 g/mol. The molecule has 1 saturated heterocycles. The standard InChI is InChI=1S/C19H26ClN3O3/c1-19(2,3)26-18(24)23-6-4-14(5-7-23)15-12-16(20)21-17(13-15)22-8-10-25-11-9-22/h4,12-13H,5-11H2,1-3H3. The van der Waals surface area contributed by atoms with Crippen molar-refractivity contribution in [3.63, 3.8) is 0 Å². The van der Waals surface area contributed by atoms with E-state index >= 15 is 0 Å². The molecule has 1 aromatic heterocycles. The Morgan fingerprint density at radius 1 is 1.23 bits per heavy atom. The molecule has 0 saturated carbocycles. The second kappa shape index (κ2) is 7.84. The number of rotatable bonds is 2. The van der Waals surface area contributed by atoms with E-state index in [-0.39, 0.29) is 6.09 Å². The van der Waals surface area contributed by atoms with Crippen LogP contribution in [-0.4, -0.2) is 61.0 Å². The fourth-order valence-corrected chi connectivity index (χ4v) is 3.25. The number of carbonyl (C=O) groups is 1. The maximum Gasteiger partial charge on any atom is 0.410 e. The summed E-state index contributed by atoms with van der Waals surface area (Å²) in [5.74, 6) is 0.881. The van der Waals surface area contributed by atoms with Gasteiger partial charge in [0.25, 0.3) is 0 Å². The van der Waals surface area contributed by atoms with Crippen molar-refractivity contribution in [3.05, 3.63) is 28.9 Å². The summed E-state index contributed by atoms with van der Waals surface area (Å²) < 4.78 is 10.8. The van der Waals surface area contributed by atoms with Gasteiger partial charge in [0, 0.05) is 26.2 Å². The zero-order chi connectivity index (χ0) is 18.7. The Balaban J connectivity index is 1.72. The quantitative estimate of drug-likeness (QED) is 0.735. The number of hydrogen-bond donors (Lipinski definition) is 0. The van der Waals surface area contributed by atoms with Crippen LogP contribution in [0.3, 0.4) is 0 Å². The summed E-state index contributed by atoms with van der Waals surface area (Å²) in [4.78, 5) is 20.6. The van der Waals surface area contributed by atoms with E-state index in [1.54, 1.807) is 4.90 Å². The molecule has 0 bridgehead atoms. The van der Waals surface area contributed by atoms with Gasteiger partial charge in [-0.3, -0.25) is 0 Å². The molecule has 2 aliphatic heterocycles. The lowest BCUT2D eigenvalue weighted by molar-refractivity contribution is 0.0270. The number of morpholine rings is 1. The Hall–Kier alpha value is -1.79. The molecule has 0 atom stereocenters. The van der Waals surface area contributed by atoms with Gasteiger partial charge in [0.2, 0.25) is 0 Å². The second-order valence-electron chi connectivity index (χ2n) is 7.54. The van der Waals surface area contributed by atoms with E-state index in [2.05, 4.69) is 22.0 Å². The van der Waals surface area contributed by atoms with Gasteiger partial charge >= 0.3 is 6.09 Å². The number of anilines is 1. The zero-order valence-corrected chi connectivity index (χ0v) is 16.4. The molecule has 2 aliphatic rings. The fourth-order valence-electron chi connectivity index (χ4n) is 3.05. The number of ether oxygens (including phenoxy) is 2. The number of aromatic nitrogens is 1. The van der Waals surface area contributed by atoms with E-state index in [0.29, 0.717) is 31.5 Å². The molecular formula is C19H26ClN3O3. The minimum Gasteiger partial charge on any atom is -0.444 e. The Labute approximate surface area is 159 Å². The first-order valence-electron chi connectivity index (χ1n) is 8.99. The predicted molar refractivity (Wildman–Crippen MR) is 103 cm³/mol. The van der Waals surface area contributed by atoms with E-state index in [0.717, 1.165) is 30.9 Å². The van der Waals surface area contributed by atoms with E-state index in [9.17, 15) is 4.79 Å². The van der Waals surface area contributed by atoms with E-state index in [1.807, 2.05) is 26.8 Å². The maximum atomic E-state index is 12.2. The average Bonchev–Trinajstić information content (AvgIpc) is 2.61. The van der Waals surface area contributed by atoms with E-state index < -0.39 is 5.60 Å². The third-order valence-electron chi connectivity index (χ3n) is 4.35. The molecule has 26 heavy (non-hydrogen) atoms. The second-order valence-corrected chi connectivity index (χ2v) is 7.93. The highest BCUT2D eigenvalue weighted by molar-refractivity contribution is 6.29. The first-order valence-corrected chi connectivity index (χ1v) is 9.37. The summed E-state index contributed by atoms with van der Waals surface area (Å²) in [5, 5.41) is 0.486. The predicted octanol–water partition coefficient (Wildman–Crippen LogP) is 3.60. The maximum absolute atomic E-state index is 12.2. The van der Waals surface area contributed by atoms with Gasteiger partial charge in [0.15, 0.2) is 0 Å². The summed E-state index contributed by atoms with van der Waals surface area (Å²) in [7, 11) is 0. The molecule has 1 amide bonds.